The Morgan fingerprint density at radius 3 is 2.80 bits per heavy atom. The fourth-order valence-electron chi connectivity index (χ4n) is 3.13. The van der Waals surface area contributed by atoms with E-state index in [2.05, 4.69) is 20.1 Å². The molecule has 2 N–H and O–H groups in total. The normalized spacial score (nSPS) is 11.0. The molecule has 0 aliphatic rings. The molecule has 0 saturated carbocycles. The van der Waals surface area contributed by atoms with Crippen LogP contribution in [-0.4, -0.2) is 42.1 Å². The lowest BCUT2D eigenvalue weighted by Gasteiger charge is -2.04. The largest absolute Gasteiger partial charge is 0.487 e. The van der Waals surface area contributed by atoms with E-state index in [0.29, 0.717) is 28.9 Å². The highest BCUT2D eigenvalue weighted by Gasteiger charge is 2.19. The van der Waals surface area contributed by atoms with Gasteiger partial charge in [0.2, 0.25) is 0 Å². The number of hydrogen-bond acceptors (Lipinski definition) is 5. The van der Waals surface area contributed by atoms with Crippen molar-refractivity contribution in [2.75, 3.05) is 6.61 Å². The molecule has 0 aliphatic heterocycles. The van der Waals surface area contributed by atoms with Crippen molar-refractivity contribution in [2.45, 2.75) is 19.9 Å². The van der Waals surface area contributed by atoms with E-state index >= 15 is 0 Å². The van der Waals surface area contributed by atoms with Crippen LogP contribution in [0, 0.1) is 5.82 Å². The smallest absolute Gasteiger partial charge is 0.339 e. The quantitative estimate of drug-likeness (QED) is 0.390. The van der Waals surface area contributed by atoms with E-state index in [-0.39, 0.29) is 36.1 Å². The first-order valence-electron chi connectivity index (χ1n) is 9.38. The second-order valence-electron chi connectivity index (χ2n) is 6.56. The Kier molecular flexibility index (Phi) is 5.34. The summed E-state index contributed by atoms with van der Waals surface area (Å²) in [5.74, 6) is -0.328. The van der Waals surface area contributed by atoms with Gasteiger partial charge in [-0.3, -0.25) is 4.79 Å². The molecular formula is C21H19FN5O3+. The Bertz CT molecular complexity index is 1280. The minimum atomic E-state index is -0.410. The molecule has 0 amide bonds. The third-order valence-corrected chi connectivity index (χ3v) is 4.53. The number of carbonyl (C=O) groups excluding carboxylic acids is 1. The Hall–Kier alpha value is -3.88. The highest BCUT2D eigenvalue weighted by molar-refractivity contribution is 5.89. The van der Waals surface area contributed by atoms with Gasteiger partial charge in [-0.25, -0.2) is 19.0 Å². The van der Waals surface area contributed by atoms with E-state index < -0.39 is 5.56 Å². The van der Waals surface area contributed by atoms with Crippen molar-refractivity contribution in [1.82, 2.24) is 24.7 Å². The van der Waals surface area contributed by atoms with Crippen molar-refractivity contribution >= 4 is 17.0 Å². The molecule has 4 aromatic rings. The van der Waals surface area contributed by atoms with Crippen molar-refractivity contribution in [3.05, 3.63) is 76.1 Å². The molecule has 0 unspecified atom stereocenters. The summed E-state index contributed by atoms with van der Waals surface area (Å²) in [6.45, 7) is 2.21. The second kappa shape index (κ2) is 8.24. The molecule has 0 radical (unpaired) electrons. The first-order chi connectivity index (χ1) is 14.6. The summed E-state index contributed by atoms with van der Waals surface area (Å²) in [5, 5.41) is 5.21. The lowest BCUT2D eigenvalue weighted by molar-refractivity contribution is 0.284. The highest BCUT2D eigenvalue weighted by atomic mass is 19.1. The highest BCUT2D eigenvalue weighted by Crippen LogP contribution is 2.24. The number of halogens is 1. The maximum absolute atomic E-state index is 14.1. The number of fused-ring (bicyclic) bond motifs is 1. The summed E-state index contributed by atoms with van der Waals surface area (Å²) in [4.78, 5) is 33.5. The number of esters is 1. The third kappa shape index (κ3) is 3.82. The molecular weight excluding hydrogens is 389 g/mol. The fraction of sp³-hybridized carbons (Fsp3) is 0.190. The van der Waals surface area contributed by atoms with Gasteiger partial charge in [0, 0.05) is 18.0 Å². The molecule has 1 aromatic carbocycles. The van der Waals surface area contributed by atoms with Gasteiger partial charge in [0.1, 0.15) is 17.9 Å². The van der Waals surface area contributed by atoms with E-state index in [1.807, 2.05) is 6.07 Å². The standard InChI is InChI=1S/C21H18FN5O3/c1-2-30-17(28)10-14-11-24-19(25-21(14)29)18-15-7-5-9-23-20(15)27(26-18)12-13-6-3-4-8-16(13)22/h3-9,11H,2,10,12H2,1H3,(H,24,25,29)/p+1. The molecule has 8 nitrogen and oxygen atoms in total. The van der Waals surface area contributed by atoms with Crippen LogP contribution in [0.2, 0.25) is 0 Å². The van der Waals surface area contributed by atoms with Gasteiger partial charge in [0.15, 0.2) is 18.1 Å². The van der Waals surface area contributed by atoms with Crippen LogP contribution in [0.25, 0.3) is 22.6 Å². The summed E-state index contributed by atoms with van der Waals surface area (Å²) < 4.78 is 20.7. The maximum Gasteiger partial charge on any atom is 0.487 e. The average Bonchev–Trinajstić information content (AvgIpc) is 3.10. The van der Waals surface area contributed by atoms with Crippen LogP contribution in [0.1, 0.15) is 18.1 Å². The van der Waals surface area contributed by atoms with Gasteiger partial charge in [-0.05, 0) is 25.1 Å². The van der Waals surface area contributed by atoms with Crippen molar-refractivity contribution < 1.29 is 13.9 Å². The van der Waals surface area contributed by atoms with Gasteiger partial charge >= 0.3 is 5.97 Å². The van der Waals surface area contributed by atoms with Gasteiger partial charge in [-0.15, -0.1) is 0 Å². The van der Waals surface area contributed by atoms with E-state index in [9.17, 15) is 14.0 Å². The minimum absolute atomic E-state index is 0.0551. The number of H-pyrrole nitrogens is 1. The van der Waals surface area contributed by atoms with Crippen molar-refractivity contribution in [1.29, 1.82) is 0 Å². The molecule has 0 bridgehead atoms. The van der Waals surface area contributed by atoms with Crippen LogP contribution >= 0.6 is 0 Å². The molecule has 0 aliphatic carbocycles. The molecule has 0 atom stereocenters. The van der Waals surface area contributed by atoms with Crippen molar-refractivity contribution in [2.24, 2.45) is 0 Å². The van der Waals surface area contributed by atoms with Crippen LogP contribution in [0.5, 0.6) is 0 Å². The monoisotopic (exact) mass is 408 g/mol. The first kappa shape index (κ1) is 19.4. The number of benzene rings is 1. The lowest BCUT2D eigenvalue weighted by atomic mass is 10.2. The van der Waals surface area contributed by atoms with E-state index in [4.69, 9.17) is 4.74 Å². The zero-order chi connectivity index (χ0) is 21.1. The number of pyridine rings is 1. The zero-order valence-electron chi connectivity index (χ0n) is 16.2. The number of nitrogens with one attached hydrogen (secondary N) is 1. The first-order valence-corrected chi connectivity index (χ1v) is 9.38. The number of aromatic amines is 1. The molecule has 3 heterocycles. The lowest BCUT2D eigenvalue weighted by Crippen LogP contribution is -2.19. The van der Waals surface area contributed by atoms with E-state index in [1.54, 1.807) is 42.1 Å². The molecule has 0 saturated heterocycles. The topological polar surface area (TPSA) is 107 Å². The van der Waals surface area contributed by atoms with Crippen LogP contribution in [0.4, 0.5) is 4.39 Å². The van der Waals surface area contributed by atoms with Crippen LogP contribution < -0.4 is 5.56 Å². The van der Waals surface area contributed by atoms with Gasteiger partial charge in [-0.2, -0.15) is 5.10 Å². The SMILES string of the molecule is CCOC(=[OH+])Cc1cnc(-c2nn(Cc3ccccc3F)c3ncccc23)[nH]c1=O. The predicted molar refractivity (Wildman–Crippen MR) is 109 cm³/mol. The van der Waals surface area contributed by atoms with Crippen molar-refractivity contribution in [3.8, 4) is 11.5 Å². The van der Waals surface area contributed by atoms with Gasteiger partial charge in [0.05, 0.1) is 17.5 Å². The Balaban J connectivity index is 1.73. The van der Waals surface area contributed by atoms with E-state index in [0.717, 1.165) is 0 Å². The summed E-state index contributed by atoms with van der Waals surface area (Å²) in [7, 11) is 0. The molecule has 4 rings (SSSR count). The average molecular weight is 408 g/mol. The maximum atomic E-state index is 14.1. The van der Waals surface area contributed by atoms with Crippen LogP contribution in [0.15, 0.2) is 53.6 Å². The Morgan fingerprint density at radius 1 is 1.20 bits per heavy atom. The Labute approximate surface area is 170 Å². The third-order valence-electron chi connectivity index (χ3n) is 4.53. The summed E-state index contributed by atoms with van der Waals surface area (Å²) in [5.41, 5.74) is 1.30. The Morgan fingerprint density at radius 2 is 2.03 bits per heavy atom. The fourth-order valence-corrected chi connectivity index (χ4v) is 3.13. The summed E-state index contributed by atoms with van der Waals surface area (Å²) in [6, 6.07) is 10.0. The number of aromatic nitrogens is 5. The van der Waals surface area contributed by atoms with Crippen LogP contribution in [0.3, 0.4) is 0 Å². The van der Waals surface area contributed by atoms with Gasteiger partial charge < -0.3 is 14.5 Å². The number of hydrogen-bond donors (Lipinski definition) is 1. The second-order valence-corrected chi connectivity index (χ2v) is 6.56. The number of rotatable bonds is 6. The molecule has 3 aromatic heterocycles. The van der Waals surface area contributed by atoms with Gasteiger partial charge in [0.25, 0.3) is 5.56 Å². The molecule has 152 valence electrons. The van der Waals surface area contributed by atoms with Gasteiger partial charge in [-0.1, -0.05) is 18.2 Å². The molecule has 0 spiro atoms. The molecule has 30 heavy (non-hydrogen) atoms. The molecule has 9 heteroatoms. The zero-order valence-corrected chi connectivity index (χ0v) is 16.2. The predicted octanol–water partition coefficient (Wildman–Crippen LogP) is 2.45. The van der Waals surface area contributed by atoms with Crippen molar-refractivity contribution in [3.63, 3.8) is 0 Å². The number of ether oxygens (including phenoxy) is 1. The summed E-state index contributed by atoms with van der Waals surface area (Å²) in [6.07, 6.45) is 2.94. The van der Waals surface area contributed by atoms with E-state index in [1.165, 1.54) is 12.3 Å². The number of nitrogens with zero attached hydrogens (tertiary/aromatic N) is 4. The summed E-state index contributed by atoms with van der Waals surface area (Å²) >= 11 is 0. The minimum Gasteiger partial charge on any atom is -0.339 e. The van der Waals surface area contributed by atoms with Crippen LogP contribution in [-0.2, 0) is 17.7 Å². The molecule has 0 fully saturated rings.